The van der Waals surface area contributed by atoms with Crippen LogP contribution in [-0.2, 0) is 11.2 Å². The first kappa shape index (κ1) is 15.0. The van der Waals surface area contributed by atoms with Crippen LogP contribution in [0.2, 0.25) is 0 Å². The van der Waals surface area contributed by atoms with Crippen molar-refractivity contribution in [2.24, 2.45) is 0 Å². The summed E-state index contributed by atoms with van der Waals surface area (Å²) in [6.45, 7) is 0. The monoisotopic (exact) mass is 329 g/mol. The highest BCUT2D eigenvalue weighted by atomic mass is 32.2. The molecule has 4 rings (SSSR count). The Bertz CT molecular complexity index is 740. The summed E-state index contributed by atoms with van der Waals surface area (Å²) in [6, 6.07) is 8.75. The smallest absolute Gasteiger partial charge is 0.152 e. The number of aromatic nitrogens is 2. The maximum atomic E-state index is 5.46. The van der Waals surface area contributed by atoms with E-state index in [0.29, 0.717) is 12.0 Å². The SMILES string of the molecule is C=S1CCc2ccc(Nc3cc(C4CCC(OC)C4)[nH]n3)cc21. The van der Waals surface area contributed by atoms with E-state index in [9.17, 15) is 0 Å². The number of H-pyrrole nitrogens is 1. The van der Waals surface area contributed by atoms with Crippen LogP contribution in [0.4, 0.5) is 11.5 Å². The zero-order valence-electron chi connectivity index (χ0n) is 13.5. The molecule has 1 aliphatic heterocycles. The second kappa shape index (κ2) is 6.13. The van der Waals surface area contributed by atoms with E-state index >= 15 is 0 Å². The molecule has 0 bridgehead atoms. The van der Waals surface area contributed by atoms with E-state index in [4.69, 9.17) is 4.74 Å². The zero-order valence-corrected chi connectivity index (χ0v) is 14.3. The molecule has 0 spiro atoms. The molecule has 3 unspecified atom stereocenters. The number of ether oxygens (including phenoxy) is 1. The van der Waals surface area contributed by atoms with Crippen LogP contribution in [0.3, 0.4) is 0 Å². The summed E-state index contributed by atoms with van der Waals surface area (Å²) in [6.07, 6.45) is 4.95. The molecule has 0 saturated heterocycles. The molecule has 1 saturated carbocycles. The lowest BCUT2D eigenvalue weighted by atomic mass is 10.0. The van der Waals surface area contributed by atoms with Crippen LogP contribution in [0.5, 0.6) is 0 Å². The molecule has 122 valence electrons. The Morgan fingerprint density at radius 1 is 1.35 bits per heavy atom. The topological polar surface area (TPSA) is 49.9 Å². The molecule has 4 nitrogen and oxygen atoms in total. The number of benzene rings is 1. The van der Waals surface area contributed by atoms with Gasteiger partial charge < -0.3 is 10.1 Å². The summed E-state index contributed by atoms with van der Waals surface area (Å²) in [4.78, 5) is 1.41. The van der Waals surface area contributed by atoms with Crippen molar-refractivity contribution in [3.63, 3.8) is 0 Å². The number of aryl methyl sites for hydroxylation is 1. The van der Waals surface area contributed by atoms with Gasteiger partial charge in [0.15, 0.2) is 5.82 Å². The Morgan fingerprint density at radius 3 is 3.09 bits per heavy atom. The van der Waals surface area contributed by atoms with Crippen molar-refractivity contribution in [3.8, 4) is 0 Å². The molecule has 5 heteroatoms. The number of fused-ring (bicyclic) bond motifs is 1. The minimum absolute atomic E-state index is 0.150. The predicted octanol–water partition coefficient (Wildman–Crippen LogP) is 4.05. The number of anilines is 2. The quantitative estimate of drug-likeness (QED) is 0.832. The van der Waals surface area contributed by atoms with E-state index in [0.717, 1.165) is 30.8 Å². The molecule has 1 aromatic heterocycles. The molecule has 2 heterocycles. The number of nitrogens with one attached hydrogen (secondary N) is 2. The number of nitrogens with zero attached hydrogens (tertiary/aromatic N) is 1. The van der Waals surface area contributed by atoms with Gasteiger partial charge in [-0.15, -0.1) is 0 Å². The molecule has 3 atom stereocenters. The van der Waals surface area contributed by atoms with Crippen LogP contribution in [0.1, 0.15) is 36.4 Å². The largest absolute Gasteiger partial charge is 0.381 e. The molecule has 2 N–H and O–H groups in total. The van der Waals surface area contributed by atoms with Gasteiger partial charge in [0.1, 0.15) is 0 Å². The highest BCUT2D eigenvalue weighted by Gasteiger charge is 2.27. The van der Waals surface area contributed by atoms with E-state index in [2.05, 4.69) is 45.7 Å². The third-order valence-electron chi connectivity index (χ3n) is 5.02. The highest BCUT2D eigenvalue weighted by Crippen LogP contribution is 2.39. The fraction of sp³-hybridized carbons (Fsp3) is 0.444. The minimum atomic E-state index is 0.150. The number of hydrogen-bond donors (Lipinski definition) is 2. The number of methoxy groups -OCH3 is 1. The van der Waals surface area contributed by atoms with Gasteiger partial charge in [0.25, 0.3) is 0 Å². The summed E-state index contributed by atoms with van der Waals surface area (Å²) in [5.74, 6) is 6.88. The Hall–Kier alpha value is -1.59. The van der Waals surface area contributed by atoms with Crippen LogP contribution >= 0.6 is 10.5 Å². The summed E-state index contributed by atoms with van der Waals surface area (Å²) in [5.41, 5.74) is 3.77. The van der Waals surface area contributed by atoms with Crippen LogP contribution in [0.25, 0.3) is 0 Å². The Balaban J connectivity index is 1.48. The van der Waals surface area contributed by atoms with Crippen molar-refractivity contribution >= 4 is 27.9 Å². The number of rotatable bonds is 4. The van der Waals surface area contributed by atoms with Crippen molar-refractivity contribution in [1.82, 2.24) is 10.2 Å². The average Bonchev–Trinajstić information content (AvgIpc) is 3.28. The van der Waals surface area contributed by atoms with Gasteiger partial charge in [-0.3, -0.25) is 5.10 Å². The fourth-order valence-electron chi connectivity index (χ4n) is 3.65. The van der Waals surface area contributed by atoms with Gasteiger partial charge in [-0.1, -0.05) is 11.9 Å². The molecule has 0 radical (unpaired) electrons. The first-order chi connectivity index (χ1) is 11.2. The van der Waals surface area contributed by atoms with E-state index in [1.165, 1.54) is 28.3 Å². The van der Waals surface area contributed by atoms with Crippen LogP contribution in [-0.4, -0.2) is 35.0 Å². The van der Waals surface area contributed by atoms with Crippen molar-refractivity contribution in [2.75, 3.05) is 18.2 Å². The Morgan fingerprint density at radius 2 is 2.26 bits per heavy atom. The van der Waals surface area contributed by atoms with Crippen molar-refractivity contribution in [2.45, 2.75) is 42.6 Å². The lowest BCUT2D eigenvalue weighted by Crippen LogP contribution is -2.04. The molecule has 1 fully saturated rings. The van der Waals surface area contributed by atoms with Crippen LogP contribution in [0.15, 0.2) is 29.2 Å². The summed E-state index contributed by atoms with van der Waals surface area (Å²) < 4.78 is 5.46. The van der Waals surface area contributed by atoms with Gasteiger partial charge in [-0.25, -0.2) is 0 Å². The predicted molar refractivity (Wildman–Crippen MR) is 97.3 cm³/mol. The zero-order chi connectivity index (χ0) is 15.8. The molecule has 2 aromatic rings. The van der Waals surface area contributed by atoms with Gasteiger partial charge in [0, 0.05) is 35.4 Å². The normalized spacial score (nSPS) is 26.4. The standard InChI is InChI=1S/C18H23N3OS/c1-22-15-6-4-13(9-15)16-11-18(21-20-16)19-14-5-3-12-7-8-23(2)17(12)10-14/h3,5,10-11,13,15H,2,4,6-9H2,1H3,(H2,19,20,21). The van der Waals surface area contributed by atoms with Crippen LogP contribution < -0.4 is 5.32 Å². The molecular formula is C18H23N3OS. The number of hydrogen-bond acceptors (Lipinski definition) is 3. The molecule has 2 aliphatic rings. The average molecular weight is 329 g/mol. The van der Waals surface area contributed by atoms with Gasteiger partial charge >= 0.3 is 0 Å². The summed E-state index contributed by atoms with van der Waals surface area (Å²) in [7, 11) is 1.95. The Labute approximate surface area is 139 Å². The van der Waals surface area contributed by atoms with Crippen molar-refractivity contribution < 1.29 is 4.74 Å². The number of aromatic amines is 1. The van der Waals surface area contributed by atoms with E-state index in [1.54, 1.807) is 7.11 Å². The maximum absolute atomic E-state index is 5.46. The Kier molecular flexibility index (Phi) is 3.99. The van der Waals surface area contributed by atoms with E-state index < -0.39 is 0 Å². The highest BCUT2D eigenvalue weighted by molar-refractivity contribution is 8.14. The van der Waals surface area contributed by atoms with Crippen LogP contribution in [0, 0.1) is 0 Å². The molecule has 1 aromatic carbocycles. The van der Waals surface area contributed by atoms with E-state index in [1.807, 2.05) is 0 Å². The van der Waals surface area contributed by atoms with Crippen molar-refractivity contribution in [1.29, 1.82) is 0 Å². The van der Waals surface area contributed by atoms with E-state index in [-0.39, 0.29) is 10.5 Å². The fourth-order valence-corrected chi connectivity index (χ4v) is 5.17. The van der Waals surface area contributed by atoms with Gasteiger partial charge in [-0.05, 0) is 49.1 Å². The third kappa shape index (κ3) is 2.95. The summed E-state index contributed by atoms with van der Waals surface area (Å²) >= 11 is 0. The molecule has 23 heavy (non-hydrogen) atoms. The lowest BCUT2D eigenvalue weighted by Gasteiger charge is -2.08. The minimum Gasteiger partial charge on any atom is -0.381 e. The molecular weight excluding hydrogens is 306 g/mol. The second-order valence-electron chi connectivity index (χ2n) is 6.47. The first-order valence-corrected chi connectivity index (χ1v) is 9.78. The van der Waals surface area contributed by atoms with Crippen molar-refractivity contribution in [3.05, 3.63) is 35.5 Å². The lowest BCUT2D eigenvalue weighted by molar-refractivity contribution is 0.108. The maximum Gasteiger partial charge on any atom is 0.152 e. The van der Waals surface area contributed by atoms with Gasteiger partial charge in [0.05, 0.1) is 6.10 Å². The van der Waals surface area contributed by atoms with Gasteiger partial charge in [0.2, 0.25) is 0 Å². The third-order valence-corrected chi connectivity index (χ3v) is 6.72. The van der Waals surface area contributed by atoms with Gasteiger partial charge in [-0.2, -0.15) is 15.6 Å². The first-order valence-electron chi connectivity index (χ1n) is 8.21. The molecule has 0 amide bonds. The molecule has 1 aliphatic carbocycles. The summed E-state index contributed by atoms with van der Waals surface area (Å²) in [5, 5.41) is 11.1. The second-order valence-corrected chi connectivity index (χ2v) is 8.30.